The van der Waals surface area contributed by atoms with E-state index in [9.17, 15) is 4.79 Å². The van der Waals surface area contributed by atoms with Crippen molar-refractivity contribution in [2.45, 2.75) is 51.0 Å². The third-order valence-electron chi connectivity index (χ3n) is 4.21. The third-order valence-corrected chi connectivity index (χ3v) is 4.21. The second-order valence-electron chi connectivity index (χ2n) is 6.10. The molecule has 2 aliphatic rings. The summed E-state index contributed by atoms with van der Waals surface area (Å²) in [5.41, 5.74) is 0. The molecule has 1 N–H and O–H groups in total. The van der Waals surface area contributed by atoms with Crippen LogP contribution in [0.15, 0.2) is 4.99 Å². The Hall–Kier alpha value is -0.530. The molecule has 1 aliphatic heterocycles. The highest BCUT2D eigenvalue weighted by Crippen LogP contribution is 2.18. The van der Waals surface area contributed by atoms with Gasteiger partial charge in [0.15, 0.2) is 5.96 Å². The molecule has 0 bridgehead atoms. The number of halogens is 1. The fourth-order valence-electron chi connectivity index (χ4n) is 2.88. The molecule has 2 rings (SSSR count). The Morgan fingerprint density at radius 1 is 1.14 bits per heavy atom. The maximum Gasteiger partial charge on any atom is 0.243 e. The van der Waals surface area contributed by atoms with Crippen LogP contribution >= 0.6 is 24.0 Å². The van der Waals surface area contributed by atoms with Crippen molar-refractivity contribution in [1.29, 1.82) is 0 Å². The number of carbonyl (C=O) groups is 1. The predicted molar refractivity (Wildman–Crippen MR) is 97.2 cm³/mol. The van der Waals surface area contributed by atoms with Crippen LogP contribution < -0.4 is 5.32 Å². The van der Waals surface area contributed by atoms with E-state index in [2.05, 4.69) is 15.2 Å². The number of hydrogen-bond donors (Lipinski definition) is 1. The highest BCUT2D eigenvalue weighted by molar-refractivity contribution is 14.0. The summed E-state index contributed by atoms with van der Waals surface area (Å²) in [6.45, 7) is 2.38. The first kappa shape index (κ1) is 18.5. The summed E-state index contributed by atoms with van der Waals surface area (Å²) in [5.74, 6) is 1.01. The maximum absolute atomic E-state index is 11.7. The van der Waals surface area contributed by atoms with Crippen molar-refractivity contribution < 1.29 is 4.79 Å². The fourth-order valence-corrected chi connectivity index (χ4v) is 2.88. The molecule has 0 aromatic carbocycles. The number of nitrogens with one attached hydrogen (secondary N) is 1. The monoisotopic (exact) mass is 408 g/mol. The summed E-state index contributed by atoms with van der Waals surface area (Å²) in [5, 5.41) is 3.59. The highest BCUT2D eigenvalue weighted by Gasteiger charge is 2.21. The van der Waals surface area contributed by atoms with Gasteiger partial charge in [0, 0.05) is 33.2 Å². The molecule has 6 heteroatoms. The number of likely N-dealkylation sites (N-methyl/N-ethyl adjacent to an activating group) is 1. The molecule has 0 radical (unpaired) electrons. The number of amides is 1. The first-order valence-electron chi connectivity index (χ1n) is 7.93. The van der Waals surface area contributed by atoms with Gasteiger partial charge in [-0.3, -0.25) is 4.79 Å². The fraction of sp³-hybridized carbons (Fsp3) is 0.867. The van der Waals surface area contributed by atoms with Crippen LogP contribution in [0.25, 0.3) is 0 Å². The highest BCUT2D eigenvalue weighted by atomic mass is 127. The minimum atomic E-state index is 0. The van der Waals surface area contributed by atoms with Crippen LogP contribution in [0.1, 0.15) is 44.9 Å². The lowest BCUT2D eigenvalue weighted by Gasteiger charge is -2.31. The summed E-state index contributed by atoms with van der Waals surface area (Å²) in [4.78, 5) is 20.2. The Balaban J connectivity index is 0.00000220. The zero-order valence-corrected chi connectivity index (χ0v) is 15.6. The minimum absolute atomic E-state index is 0. The first-order valence-corrected chi connectivity index (χ1v) is 7.93. The normalized spacial score (nSPS) is 20.1. The molecule has 21 heavy (non-hydrogen) atoms. The van der Waals surface area contributed by atoms with E-state index in [-0.39, 0.29) is 36.4 Å². The van der Waals surface area contributed by atoms with Crippen molar-refractivity contribution >= 4 is 35.8 Å². The van der Waals surface area contributed by atoms with Gasteiger partial charge in [0.05, 0.1) is 0 Å². The summed E-state index contributed by atoms with van der Waals surface area (Å²) in [7, 11) is 3.56. The van der Waals surface area contributed by atoms with Gasteiger partial charge in [-0.1, -0.05) is 12.8 Å². The number of rotatable bonds is 3. The molecule has 1 amide bonds. The quantitative estimate of drug-likeness (QED) is 0.442. The van der Waals surface area contributed by atoms with Crippen LogP contribution in [0.2, 0.25) is 0 Å². The number of carbonyl (C=O) groups excluding carboxylic acids is 1. The molecule has 2 fully saturated rings. The molecule has 1 saturated heterocycles. The van der Waals surface area contributed by atoms with E-state index in [4.69, 9.17) is 0 Å². The van der Waals surface area contributed by atoms with Gasteiger partial charge >= 0.3 is 0 Å². The molecule has 1 aliphatic carbocycles. The Bertz CT molecular complexity index is 348. The number of piperidine rings is 1. The molecule has 122 valence electrons. The topological polar surface area (TPSA) is 47.9 Å². The molecule has 1 saturated carbocycles. The van der Waals surface area contributed by atoms with Crippen molar-refractivity contribution in [3.05, 3.63) is 0 Å². The Labute approximate surface area is 145 Å². The molecular weight excluding hydrogens is 379 g/mol. The van der Waals surface area contributed by atoms with Crippen LogP contribution in [-0.4, -0.2) is 61.4 Å². The van der Waals surface area contributed by atoms with E-state index in [1.165, 1.54) is 44.9 Å². The van der Waals surface area contributed by atoms with Gasteiger partial charge in [0.2, 0.25) is 5.91 Å². The van der Waals surface area contributed by atoms with Crippen LogP contribution in [0.4, 0.5) is 0 Å². The first-order chi connectivity index (χ1) is 9.66. The van der Waals surface area contributed by atoms with E-state index in [0.29, 0.717) is 6.04 Å². The molecule has 0 spiro atoms. The second-order valence-corrected chi connectivity index (χ2v) is 6.10. The van der Waals surface area contributed by atoms with Crippen molar-refractivity contribution in [2.24, 2.45) is 4.99 Å². The lowest BCUT2D eigenvalue weighted by molar-refractivity contribution is -0.127. The molecule has 1 heterocycles. The molecule has 0 aromatic rings. The standard InChI is InChI=1S/C15H28N4O.HI/c1-18(2)14(20)12-16-15(17-13-8-4-5-9-13)19-10-6-3-7-11-19;/h13H,3-12H2,1-2H3,(H,16,17);1H. The zero-order chi connectivity index (χ0) is 14.4. The van der Waals surface area contributed by atoms with E-state index in [1.54, 1.807) is 19.0 Å². The van der Waals surface area contributed by atoms with Gasteiger partial charge in [-0.05, 0) is 32.1 Å². The van der Waals surface area contributed by atoms with E-state index in [1.807, 2.05) is 0 Å². The molecule has 0 atom stereocenters. The second kappa shape index (κ2) is 9.48. The van der Waals surface area contributed by atoms with E-state index < -0.39 is 0 Å². The number of guanidine groups is 1. The van der Waals surface area contributed by atoms with Crippen LogP contribution in [0.5, 0.6) is 0 Å². The number of aliphatic imine (C=N–C) groups is 1. The number of likely N-dealkylation sites (tertiary alicyclic amines) is 1. The predicted octanol–water partition coefficient (Wildman–Crippen LogP) is 2.07. The van der Waals surface area contributed by atoms with Gasteiger partial charge in [0.25, 0.3) is 0 Å². The smallest absolute Gasteiger partial charge is 0.243 e. The summed E-state index contributed by atoms with van der Waals surface area (Å²) in [6, 6.07) is 0.546. The van der Waals surface area contributed by atoms with Crippen LogP contribution in [-0.2, 0) is 4.79 Å². The van der Waals surface area contributed by atoms with E-state index >= 15 is 0 Å². The molecular formula is C15H29IN4O. The largest absolute Gasteiger partial charge is 0.353 e. The van der Waals surface area contributed by atoms with Crippen LogP contribution in [0.3, 0.4) is 0 Å². The summed E-state index contributed by atoms with van der Waals surface area (Å²) in [6.07, 6.45) is 8.84. The Kier molecular flexibility index (Phi) is 8.36. The van der Waals surface area contributed by atoms with Crippen molar-refractivity contribution in [2.75, 3.05) is 33.7 Å². The van der Waals surface area contributed by atoms with Gasteiger partial charge in [0.1, 0.15) is 6.54 Å². The van der Waals surface area contributed by atoms with Crippen LogP contribution in [0, 0.1) is 0 Å². The minimum Gasteiger partial charge on any atom is -0.353 e. The van der Waals surface area contributed by atoms with Gasteiger partial charge in [-0.15, -0.1) is 24.0 Å². The average molecular weight is 408 g/mol. The molecule has 5 nitrogen and oxygen atoms in total. The summed E-state index contributed by atoms with van der Waals surface area (Å²) >= 11 is 0. The molecule has 0 unspecified atom stereocenters. The molecule has 0 aromatic heterocycles. The van der Waals surface area contributed by atoms with Gasteiger partial charge in [-0.2, -0.15) is 0 Å². The lowest BCUT2D eigenvalue weighted by Crippen LogP contribution is -2.47. The summed E-state index contributed by atoms with van der Waals surface area (Å²) < 4.78 is 0. The van der Waals surface area contributed by atoms with Gasteiger partial charge in [-0.25, -0.2) is 4.99 Å². The number of nitrogens with zero attached hydrogens (tertiary/aromatic N) is 3. The Morgan fingerprint density at radius 3 is 2.33 bits per heavy atom. The number of hydrogen-bond acceptors (Lipinski definition) is 2. The van der Waals surface area contributed by atoms with Crippen molar-refractivity contribution in [3.63, 3.8) is 0 Å². The average Bonchev–Trinajstić information content (AvgIpc) is 2.96. The Morgan fingerprint density at radius 2 is 1.76 bits per heavy atom. The van der Waals surface area contributed by atoms with Gasteiger partial charge < -0.3 is 15.1 Å². The van der Waals surface area contributed by atoms with Crippen molar-refractivity contribution in [3.8, 4) is 0 Å². The zero-order valence-electron chi connectivity index (χ0n) is 13.3. The van der Waals surface area contributed by atoms with Crippen molar-refractivity contribution in [1.82, 2.24) is 15.1 Å². The SMILES string of the molecule is CN(C)C(=O)CN=C(NC1CCCC1)N1CCCCC1.I. The maximum atomic E-state index is 11.7. The third kappa shape index (κ3) is 6.00. The lowest BCUT2D eigenvalue weighted by atomic mass is 10.1. The van der Waals surface area contributed by atoms with E-state index in [0.717, 1.165) is 19.0 Å².